The lowest BCUT2D eigenvalue weighted by atomic mass is 10.1. The quantitative estimate of drug-likeness (QED) is 0.333. The summed E-state index contributed by atoms with van der Waals surface area (Å²) in [6.45, 7) is -0.890. The zero-order valence-electron chi connectivity index (χ0n) is 16.8. The van der Waals surface area contributed by atoms with Crippen molar-refractivity contribution >= 4 is 56.4 Å². The molecule has 2 amide bonds. The molecule has 9 nitrogen and oxygen atoms in total. The third kappa shape index (κ3) is 3.97. The van der Waals surface area contributed by atoms with E-state index >= 15 is 0 Å². The Bertz CT molecular complexity index is 1330. The Morgan fingerprint density at radius 1 is 0.903 bits per heavy atom. The predicted molar refractivity (Wildman–Crippen MR) is 115 cm³/mol. The molecule has 0 atom stereocenters. The van der Waals surface area contributed by atoms with E-state index in [-0.39, 0.29) is 13.1 Å². The number of furan rings is 1. The first kappa shape index (κ1) is 20.1. The second-order valence-electron chi connectivity index (χ2n) is 7.03. The van der Waals surface area contributed by atoms with Crippen molar-refractivity contribution in [3.05, 3.63) is 48.5 Å². The van der Waals surface area contributed by atoms with Crippen LogP contribution in [0.15, 0.2) is 52.9 Å². The molecular formula is C22H21N4O5+. The number of carbonyl (C=O) groups is 3. The van der Waals surface area contributed by atoms with E-state index < -0.39 is 24.3 Å². The van der Waals surface area contributed by atoms with Gasteiger partial charge >= 0.3 is 5.97 Å². The molecule has 4 rings (SSSR count). The topological polar surface area (TPSA) is 125 Å². The van der Waals surface area contributed by atoms with Crippen LogP contribution in [0.4, 0.5) is 5.69 Å². The van der Waals surface area contributed by atoms with Gasteiger partial charge in [-0.25, -0.2) is 0 Å². The molecule has 0 spiro atoms. The third-order valence-electron chi connectivity index (χ3n) is 4.98. The number of aryl methyl sites for hydroxylation is 1. The van der Waals surface area contributed by atoms with E-state index in [9.17, 15) is 14.4 Å². The van der Waals surface area contributed by atoms with Gasteiger partial charge in [-0.15, -0.1) is 0 Å². The van der Waals surface area contributed by atoms with Crippen LogP contribution in [0.2, 0.25) is 0 Å². The van der Waals surface area contributed by atoms with Gasteiger partial charge in [0, 0.05) is 6.07 Å². The van der Waals surface area contributed by atoms with Gasteiger partial charge in [-0.05, 0) is 18.2 Å². The highest BCUT2D eigenvalue weighted by molar-refractivity contribution is 6.11. The molecule has 158 valence electrons. The fourth-order valence-electron chi connectivity index (χ4n) is 3.58. The summed E-state index contributed by atoms with van der Waals surface area (Å²) in [5.74, 6) is -2.14. The van der Waals surface area contributed by atoms with E-state index in [0.29, 0.717) is 11.3 Å². The van der Waals surface area contributed by atoms with Gasteiger partial charge in [-0.3, -0.25) is 14.4 Å². The summed E-state index contributed by atoms with van der Waals surface area (Å²) in [6, 6.07) is 15.5. The zero-order chi connectivity index (χ0) is 22.0. The SMILES string of the molecule is C[n+]1c2ccccc2c(NCC(=O)NCC(=O)NCC(=O)O)c2oc3ccccc3c21. The standard InChI is InChI=1S/C22H20N4O5/c1-26-15-8-4-2-6-13(15)20(22-21(26)14-7-3-5-9-16(14)31-22)25-11-18(28)23-10-17(27)24-12-19(29)30/h2-9H,10-12H2,1H3,(H3,23,24,27,28,29,30)/p+1. The first-order valence-electron chi connectivity index (χ1n) is 9.66. The number of amides is 2. The third-order valence-corrected chi connectivity index (χ3v) is 4.98. The molecule has 2 heterocycles. The minimum Gasteiger partial charge on any atom is -0.480 e. The van der Waals surface area contributed by atoms with Gasteiger partial charge in [0.1, 0.15) is 19.2 Å². The summed E-state index contributed by atoms with van der Waals surface area (Å²) in [5, 5.41) is 18.2. The number of hydrogen-bond acceptors (Lipinski definition) is 5. The molecule has 0 saturated carbocycles. The van der Waals surface area contributed by atoms with Gasteiger partial charge < -0.3 is 25.5 Å². The molecule has 0 saturated heterocycles. The summed E-state index contributed by atoms with van der Waals surface area (Å²) in [7, 11) is 1.97. The summed E-state index contributed by atoms with van der Waals surface area (Å²) in [4.78, 5) is 34.3. The van der Waals surface area contributed by atoms with Crippen molar-refractivity contribution in [1.82, 2.24) is 10.6 Å². The van der Waals surface area contributed by atoms with Crippen LogP contribution in [0.25, 0.3) is 33.0 Å². The average Bonchev–Trinajstić information content (AvgIpc) is 3.16. The van der Waals surface area contributed by atoms with Crippen LogP contribution in [-0.2, 0) is 21.4 Å². The number of hydrogen-bond donors (Lipinski definition) is 4. The van der Waals surface area contributed by atoms with Crippen LogP contribution in [0.1, 0.15) is 0 Å². The Morgan fingerprint density at radius 2 is 1.55 bits per heavy atom. The number of fused-ring (bicyclic) bond motifs is 4. The maximum Gasteiger partial charge on any atom is 0.322 e. The van der Waals surface area contributed by atoms with E-state index in [0.717, 1.165) is 27.4 Å². The molecule has 0 aliphatic carbocycles. The van der Waals surface area contributed by atoms with E-state index in [1.165, 1.54) is 0 Å². The van der Waals surface area contributed by atoms with Crippen LogP contribution < -0.4 is 20.5 Å². The van der Waals surface area contributed by atoms with Crippen molar-refractivity contribution in [2.45, 2.75) is 0 Å². The zero-order valence-corrected chi connectivity index (χ0v) is 16.8. The number of nitrogens with zero attached hydrogens (tertiary/aromatic N) is 1. The average molecular weight is 421 g/mol. The van der Waals surface area contributed by atoms with Gasteiger partial charge in [0.25, 0.3) is 5.52 Å². The van der Waals surface area contributed by atoms with Crippen LogP contribution in [0.5, 0.6) is 0 Å². The van der Waals surface area contributed by atoms with Crippen LogP contribution in [0, 0.1) is 0 Å². The lowest BCUT2D eigenvalue weighted by molar-refractivity contribution is -0.616. The minimum atomic E-state index is -1.15. The molecule has 9 heteroatoms. The first-order valence-corrected chi connectivity index (χ1v) is 9.66. The highest BCUT2D eigenvalue weighted by Crippen LogP contribution is 2.35. The molecule has 4 N–H and O–H groups in total. The van der Waals surface area contributed by atoms with Gasteiger partial charge in [-0.2, -0.15) is 4.57 Å². The number of carboxylic acid groups (broad SMARTS) is 1. The molecule has 0 radical (unpaired) electrons. The van der Waals surface area contributed by atoms with Crippen LogP contribution in [-0.4, -0.2) is 42.5 Å². The van der Waals surface area contributed by atoms with Gasteiger partial charge in [0.05, 0.1) is 29.5 Å². The number of nitrogens with one attached hydrogen (secondary N) is 3. The Morgan fingerprint density at radius 3 is 2.32 bits per heavy atom. The highest BCUT2D eigenvalue weighted by atomic mass is 16.4. The number of para-hydroxylation sites is 2. The molecule has 31 heavy (non-hydrogen) atoms. The lowest BCUT2D eigenvalue weighted by Crippen LogP contribution is -2.40. The van der Waals surface area contributed by atoms with Crippen molar-refractivity contribution in [2.24, 2.45) is 7.05 Å². The normalized spacial score (nSPS) is 11.0. The monoisotopic (exact) mass is 421 g/mol. The molecule has 4 aromatic rings. The Balaban J connectivity index is 1.61. The maximum absolute atomic E-state index is 12.3. The summed E-state index contributed by atoms with van der Waals surface area (Å²) in [6.07, 6.45) is 0. The summed E-state index contributed by atoms with van der Waals surface area (Å²) < 4.78 is 8.19. The van der Waals surface area contributed by atoms with Crippen LogP contribution >= 0.6 is 0 Å². The number of aliphatic carboxylic acids is 1. The molecule has 0 aliphatic heterocycles. The molecule has 0 aliphatic rings. The van der Waals surface area contributed by atoms with Crippen LogP contribution in [0.3, 0.4) is 0 Å². The smallest absolute Gasteiger partial charge is 0.322 e. The van der Waals surface area contributed by atoms with Crippen molar-refractivity contribution in [3.8, 4) is 0 Å². The second kappa shape index (κ2) is 8.31. The molecule has 2 aromatic carbocycles. The summed E-state index contributed by atoms with van der Waals surface area (Å²) >= 11 is 0. The molecular weight excluding hydrogens is 400 g/mol. The van der Waals surface area contributed by atoms with E-state index in [1.807, 2.05) is 55.6 Å². The number of aromatic nitrogens is 1. The fraction of sp³-hybridized carbons (Fsp3) is 0.182. The van der Waals surface area contributed by atoms with Gasteiger partial charge in [-0.1, -0.05) is 24.3 Å². The number of anilines is 1. The predicted octanol–water partition coefficient (Wildman–Crippen LogP) is 1.29. The summed E-state index contributed by atoms with van der Waals surface area (Å²) in [5.41, 5.74) is 3.94. The van der Waals surface area contributed by atoms with Crippen molar-refractivity contribution in [1.29, 1.82) is 0 Å². The Hall–Kier alpha value is -4.14. The van der Waals surface area contributed by atoms with E-state index in [1.54, 1.807) is 0 Å². The second-order valence-corrected chi connectivity index (χ2v) is 7.03. The lowest BCUT2D eigenvalue weighted by Gasteiger charge is -2.10. The van der Waals surface area contributed by atoms with Crippen molar-refractivity contribution < 1.29 is 28.5 Å². The number of pyridine rings is 1. The first-order chi connectivity index (χ1) is 15.0. The highest BCUT2D eigenvalue weighted by Gasteiger charge is 2.24. The van der Waals surface area contributed by atoms with E-state index in [4.69, 9.17) is 9.52 Å². The molecule has 0 unspecified atom stereocenters. The van der Waals surface area contributed by atoms with E-state index in [2.05, 4.69) is 20.5 Å². The largest absolute Gasteiger partial charge is 0.480 e. The molecule has 2 aromatic heterocycles. The Labute approximate surface area is 176 Å². The molecule has 0 bridgehead atoms. The molecule has 0 fully saturated rings. The fourth-order valence-corrected chi connectivity index (χ4v) is 3.58. The van der Waals surface area contributed by atoms with Gasteiger partial charge in [0.2, 0.25) is 22.9 Å². The minimum absolute atomic E-state index is 0.0872. The maximum atomic E-state index is 12.3. The Kier molecular flexibility index (Phi) is 5.40. The number of rotatable bonds is 7. The number of carbonyl (C=O) groups excluding carboxylic acids is 2. The number of benzene rings is 2. The van der Waals surface area contributed by atoms with Gasteiger partial charge in [0.15, 0.2) is 0 Å². The number of carboxylic acids is 1. The van der Waals surface area contributed by atoms with Crippen molar-refractivity contribution in [2.75, 3.05) is 25.0 Å². The van der Waals surface area contributed by atoms with Crippen molar-refractivity contribution in [3.63, 3.8) is 0 Å².